The molecule has 0 aliphatic carbocycles. The highest BCUT2D eigenvalue weighted by molar-refractivity contribution is 7.11. The molecule has 2 N–H and O–H groups in total. The van der Waals surface area contributed by atoms with E-state index in [1.165, 1.54) is 9.75 Å². The first-order valence-electron chi connectivity index (χ1n) is 5.59. The number of rotatable bonds is 6. The minimum absolute atomic E-state index is 0.249. The van der Waals surface area contributed by atoms with Gasteiger partial charge in [-0.25, -0.2) is 0 Å². The average molecular weight is 227 g/mol. The smallest absolute Gasteiger partial charge is 0.0471 e. The predicted molar refractivity (Wildman–Crippen MR) is 66.2 cm³/mol. The van der Waals surface area contributed by atoms with Crippen LogP contribution in [0.3, 0.4) is 0 Å². The van der Waals surface area contributed by atoms with Gasteiger partial charge in [0.05, 0.1) is 0 Å². The topological polar surface area (TPSA) is 32.3 Å². The fourth-order valence-corrected chi connectivity index (χ4v) is 2.24. The number of nitrogens with one attached hydrogen (secondary N) is 1. The van der Waals surface area contributed by atoms with Crippen molar-refractivity contribution >= 4 is 11.3 Å². The van der Waals surface area contributed by atoms with Crippen LogP contribution in [0.1, 0.15) is 30.5 Å². The summed E-state index contributed by atoms with van der Waals surface area (Å²) < 4.78 is 0. The fourth-order valence-electron chi connectivity index (χ4n) is 1.33. The average Bonchev–Trinajstić information content (AvgIpc) is 2.72. The van der Waals surface area contributed by atoms with Crippen LogP contribution >= 0.6 is 11.3 Å². The molecular formula is C12H21NOS. The molecule has 2 atom stereocenters. The quantitative estimate of drug-likeness (QED) is 0.782. The largest absolute Gasteiger partial charge is 0.396 e. The van der Waals surface area contributed by atoms with E-state index in [4.69, 9.17) is 5.11 Å². The lowest BCUT2D eigenvalue weighted by Gasteiger charge is -2.18. The normalized spacial score (nSPS) is 15.2. The van der Waals surface area contributed by atoms with Crippen molar-refractivity contribution < 1.29 is 5.11 Å². The van der Waals surface area contributed by atoms with Crippen molar-refractivity contribution in [1.29, 1.82) is 0 Å². The standard InChI is InChI=1S/C12H21NOS/c1-4-11-5-6-12(15-11)7-13-10(3)9(2)8-14/h5-6,9-10,13-14H,4,7-8H2,1-3H3. The van der Waals surface area contributed by atoms with E-state index < -0.39 is 0 Å². The molecule has 86 valence electrons. The molecular weight excluding hydrogens is 206 g/mol. The SMILES string of the molecule is CCc1ccc(CNC(C)C(C)CO)s1. The van der Waals surface area contributed by atoms with Crippen LogP contribution < -0.4 is 5.32 Å². The second-order valence-electron chi connectivity index (χ2n) is 4.05. The van der Waals surface area contributed by atoms with Gasteiger partial charge in [0.15, 0.2) is 0 Å². The zero-order valence-corrected chi connectivity index (χ0v) is 10.6. The lowest BCUT2D eigenvalue weighted by atomic mass is 10.1. The van der Waals surface area contributed by atoms with Gasteiger partial charge in [0.2, 0.25) is 0 Å². The second kappa shape index (κ2) is 6.26. The van der Waals surface area contributed by atoms with Crippen LogP contribution in [-0.4, -0.2) is 17.8 Å². The summed E-state index contributed by atoms with van der Waals surface area (Å²) in [5, 5.41) is 12.4. The summed E-state index contributed by atoms with van der Waals surface area (Å²) in [6.07, 6.45) is 1.12. The van der Waals surface area contributed by atoms with Gasteiger partial charge in [-0.1, -0.05) is 13.8 Å². The Hall–Kier alpha value is -0.380. The molecule has 15 heavy (non-hydrogen) atoms. The molecule has 0 saturated carbocycles. The summed E-state index contributed by atoms with van der Waals surface area (Å²) in [4.78, 5) is 2.82. The van der Waals surface area contributed by atoms with Gasteiger partial charge < -0.3 is 10.4 Å². The van der Waals surface area contributed by atoms with Gasteiger partial charge in [-0.3, -0.25) is 0 Å². The summed E-state index contributed by atoms with van der Waals surface area (Å²) in [5.74, 6) is 0.315. The van der Waals surface area contributed by atoms with Gasteiger partial charge in [-0.05, 0) is 31.4 Å². The first-order chi connectivity index (χ1) is 7.17. The number of thiophene rings is 1. The van der Waals surface area contributed by atoms with E-state index >= 15 is 0 Å². The van der Waals surface area contributed by atoms with Gasteiger partial charge in [0.1, 0.15) is 0 Å². The summed E-state index contributed by atoms with van der Waals surface area (Å²) in [5.41, 5.74) is 0. The Morgan fingerprint density at radius 1 is 1.33 bits per heavy atom. The van der Waals surface area contributed by atoms with E-state index in [1.807, 2.05) is 11.3 Å². The van der Waals surface area contributed by atoms with Crippen LogP contribution in [0.2, 0.25) is 0 Å². The molecule has 1 rings (SSSR count). The van der Waals surface area contributed by atoms with Gasteiger partial charge in [-0.2, -0.15) is 0 Å². The molecule has 0 bridgehead atoms. The van der Waals surface area contributed by atoms with Gasteiger partial charge in [0.25, 0.3) is 0 Å². The van der Waals surface area contributed by atoms with Crippen molar-refractivity contribution in [2.45, 2.75) is 39.8 Å². The Morgan fingerprint density at radius 3 is 2.53 bits per heavy atom. The molecule has 0 aliphatic heterocycles. The minimum Gasteiger partial charge on any atom is -0.396 e. The molecule has 2 unspecified atom stereocenters. The van der Waals surface area contributed by atoms with E-state index in [2.05, 4.69) is 38.2 Å². The monoisotopic (exact) mass is 227 g/mol. The maximum atomic E-state index is 9.01. The summed E-state index contributed by atoms with van der Waals surface area (Å²) >= 11 is 1.87. The Labute approximate surface area is 96.3 Å². The molecule has 0 spiro atoms. The van der Waals surface area contributed by atoms with Gasteiger partial charge >= 0.3 is 0 Å². The summed E-state index contributed by atoms with van der Waals surface area (Å²) in [6.45, 7) is 7.52. The molecule has 0 amide bonds. The predicted octanol–water partition coefficient (Wildman–Crippen LogP) is 2.42. The second-order valence-corrected chi connectivity index (χ2v) is 5.30. The molecule has 1 aromatic rings. The number of aryl methyl sites for hydroxylation is 1. The molecule has 1 heterocycles. The number of hydrogen-bond acceptors (Lipinski definition) is 3. The third-order valence-corrected chi connectivity index (χ3v) is 4.04. The minimum atomic E-state index is 0.249. The number of aliphatic hydroxyl groups excluding tert-OH is 1. The molecule has 0 fully saturated rings. The maximum Gasteiger partial charge on any atom is 0.0471 e. The lowest BCUT2D eigenvalue weighted by Crippen LogP contribution is -2.33. The third-order valence-electron chi connectivity index (χ3n) is 2.81. The maximum absolute atomic E-state index is 9.01. The number of aliphatic hydroxyl groups is 1. The van der Waals surface area contributed by atoms with Crippen molar-refractivity contribution in [1.82, 2.24) is 5.32 Å². The van der Waals surface area contributed by atoms with Crippen LogP contribution in [-0.2, 0) is 13.0 Å². The van der Waals surface area contributed by atoms with Crippen molar-refractivity contribution in [3.8, 4) is 0 Å². The van der Waals surface area contributed by atoms with Crippen molar-refractivity contribution in [3.63, 3.8) is 0 Å². The first-order valence-corrected chi connectivity index (χ1v) is 6.40. The van der Waals surface area contributed by atoms with Crippen LogP contribution in [0.15, 0.2) is 12.1 Å². The third kappa shape index (κ3) is 3.93. The molecule has 0 radical (unpaired) electrons. The molecule has 0 aromatic carbocycles. The van der Waals surface area contributed by atoms with Crippen molar-refractivity contribution in [2.75, 3.05) is 6.61 Å². The van der Waals surface area contributed by atoms with E-state index in [1.54, 1.807) is 0 Å². The summed E-state index contributed by atoms with van der Waals surface area (Å²) in [6, 6.07) is 4.75. The summed E-state index contributed by atoms with van der Waals surface area (Å²) in [7, 11) is 0. The van der Waals surface area contributed by atoms with E-state index in [-0.39, 0.29) is 6.61 Å². The van der Waals surface area contributed by atoms with Crippen molar-refractivity contribution in [2.24, 2.45) is 5.92 Å². The van der Waals surface area contributed by atoms with Crippen molar-refractivity contribution in [3.05, 3.63) is 21.9 Å². The van der Waals surface area contributed by atoms with E-state index in [0.717, 1.165) is 13.0 Å². The molecule has 0 saturated heterocycles. The zero-order chi connectivity index (χ0) is 11.3. The highest BCUT2D eigenvalue weighted by Gasteiger charge is 2.10. The number of hydrogen-bond donors (Lipinski definition) is 2. The molecule has 3 heteroatoms. The molecule has 1 aromatic heterocycles. The van der Waals surface area contributed by atoms with E-state index in [0.29, 0.717) is 12.0 Å². The van der Waals surface area contributed by atoms with Gasteiger partial charge in [0, 0.05) is 28.9 Å². The Kier molecular flexibility index (Phi) is 5.29. The Balaban J connectivity index is 2.36. The fraction of sp³-hybridized carbons (Fsp3) is 0.667. The van der Waals surface area contributed by atoms with Crippen LogP contribution in [0.4, 0.5) is 0 Å². The zero-order valence-electron chi connectivity index (χ0n) is 9.79. The van der Waals surface area contributed by atoms with E-state index in [9.17, 15) is 0 Å². The molecule has 2 nitrogen and oxygen atoms in total. The highest BCUT2D eigenvalue weighted by atomic mass is 32.1. The van der Waals surface area contributed by atoms with Crippen LogP contribution in [0.25, 0.3) is 0 Å². The molecule has 0 aliphatic rings. The Bertz CT molecular complexity index is 285. The Morgan fingerprint density at radius 2 is 2.00 bits per heavy atom. The van der Waals surface area contributed by atoms with Crippen LogP contribution in [0.5, 0.6) is 0 Å². The first kappa shape index (κ1) is 12.7. The lowest BCUT2D eigenvalue weighted by molar-refractivity contribution is 0.207. The highest BCUT2D eigenvalue weighted by Crippen LogP contribution is 2.17. The van der Waals surface area contributed by atoms with Gasteiger partial charge in [-0.15, -0.1) is 11.3 Å². The van der Waals surface area contributed by atoms with Crippen LogP contribution in [0, 0.1) is 5.92 Å².